The van der Waals surface area contributed by atoms with Gasteiger partial charge in [-0.25, -0.2) is 4.39 Å². The largest absolute Gasteiger partial charge is 0.205 e. The maximum absolute atomic E-state index is 13.0. The van der Waals surface area contributed by atoms with Crippen LogP contribution in [0.4, 0.5) is 4.39 Å². The van der Waals surface area contributed by atoms with Crippen LogP contribution in [0.2, 0.25) is 5.02 Å². The van der Waals surface area contributed by atoms with Crippen molar-refractivity contribution in [3.63, 3.8) is 0 Å². The minimum absolute atomic E-state index is 0.281. The Labute approximate surface area is 83.7 Å². The third-order valence-corrected chi connectivity index (χ3v) is 2.63. The van der Waals surface area contributed by atoms with Crippen molar-refractivity contribution in [3.8, 4) is 0 Å². The molecule has 0 spiro atoms. The molecular formula is C11H14ClF. The monoisotopic (exact) mass is 200 g/mol. The Balaban J connectivity index is 2.93. The fourth-order valence-electron chi connectivity index (χ4n) is 1.49. The molecule has 0 saturated carbocycles. The summed E-state index contributed by atoms with van der Waals surface area (Å²) in [6.07, 6.45) is 2.14. The van der Waals surface area contributed by atoms with Gasteiger partial charge in [-0.2, -0.15) is 0 Å². The molecule has 1 aromatic rings. The fourth-order valence-corrected chi connectivity index (χ4v) is 1.80. The minimum Gasteiger partial charge on any atom is -0.205 e. The number of rotatable bonds is 3. The van der Waals surface area contributed by atoms with Gasteiger partial charge in [-0.15, -0.1) is 0 Å². The fraction of sp³-hybridized carbons (Fsp3) is 0.455. The van der Waals surface area contributed by atoms with E-state index in [0.29, 0.717) is 5.92 Å². The zero-order valence-corrected chi connectivity index (χ0v) is 8.74. The van der Waals surface area contributed by atoms with Gasteiger partial charge >= 0.3 is 0 Å². The van der Waals surface area contributed by atoms with E-state index in [0.717, 1.165) is 18.4 Å². The van der Waals surface area contributed by atoms with Crippen molar-refractivity contribution in [2.24, 2.45) is 0 Å². The van der Waals surface area contributed by atoms with Crippen LogP contribution in [0.25, 0.3) is 0 Å². The molecule has 0 aliphatic carbocycles. The van der Waals surface area contributed by atoms with E-state index in [1.807, 2.05) is 6.07 Å². The lowest BCUT2D eigenvalue weighted by Gasteiger charge is -2.12. The predicted molar refractivity (Wildman–Crippen MR) is 54.7 cm³/mol. The highest BCUT2D eigenvalue weighted by Crippen LogP contribution is 2.29. The van der Waals surface area contributed by atoms with Gasteiger partial charge in [0.05, 0.1) is 5.02 Å². The SMILES string of the molecule is CCCC(C)c1cccc(F)c1Cl. The maximum atomic E-state index is 13.0. The molecular weight excluding hydrogens is 187 g/mol. The van der Waals surface area contributed by atoms with Gasteiger partial charge in [-0.3, -0.25) is 0 Å². The number of halogens is 2. The molecule has 72 valence electrons. The van der Waals surface area contributed by atoms with Gasteiger partial charge in [-0.05, 0) is 24.0 Å². The van der Waals surface area contributed by atoms with Gasteiger partial charge in [-0.1, -0.05) is 44.0 Å². The van der Waals surface area contributed by atoms with Crippen LogP contribution >= 0.6 is 11.6 Å². The average Bonchev–Trinajstić information content (AvgIpc) is 2.10. The van der Waals surface area contributed by atoms with Crippen LogP contribution in [-0.2, 0) is 0 Å². The van der Waals surface area contributed by atoms with Crippen molar-refractivity contribution >= 4 is 11.6 Å². The molecule has 0 radical (unpaired) electrons. The van der Waals surface area contributed by atoms with Crippen molar-refractivity contribution in [3.05, 3.63) is 34.6 Å². The van der Waals surface area contributed by atoms with Crippen LogP contribution in [-0.4, -0.2) is 0 Å². The van der Waals surface area contributed by atoms with Gasteiger partial charge in [0.25, 0.3) is 0 Å². The molecule has 0 nitrogen and oxygen atoms in total. The molecule has 0 N–H and O–H groups in total. The average molecular weight is 201 g/mol. The summed E-state index contributed by atoms with van der Waals surface area (Å²) in [5.74, 6) is 0.0234. The van der Waals surface area contributed by atoms with Gasteiger partial charge < -0.3 is 0 Å². The Hall–Kier alpha value is -0.560. The standard InChI is InChI=1S/C11H14ClF/c1-3-5-8(2)9-6-4-7-10(13)11(9)12/h4,6-8H,3,5H2,1-2H3. The number of hydrogen-bond acceptors (Lipinski definition) is 0. The zero-order valence-electron chi connectivity index (χ0n) is 7.98. The molecule has 0 aliphatic heterocycles. The highest BCUT2D eigenvalue weighted by Gasteiger charge is 2.11. The summed E-state index contributed by atoms with van der Waals surface area (Å²) in [6, 6.07) is 5.00. The van der Waals surface area contributed by atoms with Gasteiger partial charge in [0.15, 0.2) is 0 Å². The normalized spacial score (nSPS) is 12.9. The molecule has 0 aromatic heterocycles. The van der Waals surface area contributed by atoms with E-state index in [1.54, 1.807) is 6.07 Å². The van der Waals surface area contributed by atoms with E-state index in [-0.39, 0.29) is 10.8 Å². The molecule has 2 heteroatoms. The lowest BCUT2D eigenvalue weighted by atomic mass is 9.96. The second kappa shape index (κ2) is 4.61. The van der Waals surface area contributed by atoms with Crippen LogP contribution in [0, 0.1) is 5.82 Å². The summed E-state index contributed by atoms with van der Waals surface area (Å²) in [5.41, 5.74) is 0.920. The molecule has 1 atom stereocenters. The van der Waals surface area contributed by atoms with Gasteiger partial charge in [0.2, 0.25) is 0 Å². The second-order valence-electron chi connectivity index (χ2n) is 3.33. The highest BCUT2D eigenvalue weighted by atomic mass is 35.5. The first-order valence-corrected chi connectivity index (χ1v) is 4.98. The Morgan fingerprint density at radius 1 is 1.46 bits per heavy atom. The topological polar surface area (TPSA) is 0 Å². The molecule has 0 fully saturated rings. The van der Waals surface area contributed by atoms with Crippen LogP contribution in [0.3, 0.4) is 0 Å². The second-order valence-corrected chi connectivity index (χ2v) is 3.71. The molecule has 0 aliphatic rings. The van der Waals surface area contributed by atoms with Crippen molar-refractivity contribution in [2.75, 3.05) is 0 Å². The molecule has 1 rings (SSSR count). The van der Waals surface area contributed by atoms with Gasteiger partial charge in [0.1, 0.15) is 5.82 Å². The first kappa shape index (κ1) is 10.5. The molecule has 1 aromatic carbocycles. The van der Waals surface area contributed by atoms with Crippen molar-refractivity contribution in [1.82, 2.24) is 0 Å². The summed E-state index contributed by atoms with van der Waals surface area (Å²) in [7, 11) is 0. The molecule has 0 heterocycles. The van der Waals surface area contributed by atoms with Gasteiger partial charge in [0, 0.05) is 0 Å². The smallest absolute Gasteiger partial charge is 0.142 e. The van der Waals surface area contributed by atoms with Crippen LogP contribution in [0.15, 0.2) is 18.2 Å². The predicted octanol–water partition coefficient (Wildman–Crippen LogP) is 4.38. The quantitative estimate of drug-likeness (QED) is 0.679. The maximum Gasteiger partial charge on any atom is 0.142 e. The summed E-state index contributed by atoms with van der Waals surface area (Å²) < 4.78 is 13.0. The van der Waals surface area contributed by atoms with E-state index in [4.69, 9.17) is 11.6 Å². The molecule has 13 heavy (non-hydrogen) atoms. The third-order valence-electron chi connectivity index (χ3n) is 2.23. The molecule has 0 amide bonds. The number of hydrogen-bond donors (Lipinski definition) is 0. The lowest BCUT2D eigenvalue weighted by Crippen LogP contribution is -1.95. The van der Waals surface area contributed by atoms with Crippen LogP contribution in [0.5, 0.6) is 0 Å². The molecule has 0 saturated heterocycles. The van der Waals surface area contributed by atoms with E-state index in [1.165, 1.54) is 6.07 Å². The summed E-state index contributed by atoms with van der Waals surface area (Å²) in [6.45, 7) is 4.19. The number of benzene rings is 1. The van der Waals surface area contributed by atoms with Crippen LogP contribution < -0.4 is 0 Å². The Kier molecular flexibility index (Phi) is 3.73. The van der Waals surface area contributed by atoms with Crippen LogP contribution in [0.1, 0.15) is 38.2 Å². The molecule has 1 unspecified atom stereocenters. The Morgan fingerprint density at radius 3 is 2.77 bits per heavy atom. The van der Waals surface area contributed by atoms with Crippen molar-refractivity contribution in [2.45, 2.75) is 32.6 Å². The van der Waals surface area contributed by atoms with E-state index >= 15 is 0 Å². The van der Waals surface area contributed by atoms with Crippen molar-refractivity contribution in [1.29, 1.82) is 0 Å². The Bertz CT molecular complexity index is 283. The van der Waals surface area contributed by atoms with Crippen molar-refractivity contribution < 1.29 is 4.39 Å². The van der Waals surface area contributed by atoms with E-state index < -0.39 is 0 Å². The first-order chi connectivity index (χ1) is 6.16. The summed E-state index contributed by atoms with van der Waals surface area (Å²) in [4.78, 5) is 0. The van der Waals surface area contributed by atoms with E-state index in [2.05, 4.69) is 13.8 Å². The molecule has 0 bridgehead atoms. The lowest BCUT2D eigenvalue weighted by molar-refractivity contribution is 0.614. The zero-order chi connectivity index (χ0) is 9.84. The third kappa shape index (κ3) is 2.44. The first-order valence-electron chi connectivity index (χ1n) is 4.60. The summed E-state index contributed by atoms with van der Waals surface area (Å²) >= 11 is 5.85. The summed E-state index contributed by atoms with van der Waals surface area (Å²) in [5, 5.41) is 0.281. The van der Waals surface area contributed by atoms with E-state index in [9.17, 15) is 4.39 Å². The highest BCUT2D eigenvalue weighted by molar-refractivity contribution is 6.31. The minimum atomic E-state index is -0.317. The Morgan fingerprint density at radius 2 is 2.15 bits per heavy atom.